The van der Waals surface area contributed by atoms with Crippen LogP contribution in [0.3, 0.4) is 0 Å². The molecule has 0 bridgehead atoms. The summed E-state index contributed by atoms with van der Waals surface area (Å²) in [6, 6.07) is 5.87. The fourth-order valence-corrected chi connectivity index (χ4v) is 0.684. The molecule has 0 amide bonds. The van der Waals surface area contributed by atoms with Gasteiger partial charge in [-0.05, 0) is 18.6 Å². The maximum absolute atomic E-state index is 8.30. The Labute approximate surface area is 60.1 Å². The lowest BCUT2D eigenvalue weighted by Gasteiger charge is -1.92. The molecule has 0 atom stereocenters. The molecular weight excluding hydrogens is 124 g/mol. The van der Waals surface area contributed by atoms with Crippen LogP contribution in [0.5, 0.6) is 0 Å². The van der Waals surface area contributed by atoms with Crippen LogP contribution in [-0.4, -0.2) is 4.98 Å². The van der Waals surface area contributed by atoms with Gasteiger partial charge in [0.25, 0.3) is 0 Å². The molecule has 1 aromatic heterocycles. The number of nitriles is 1. The maximum Gasteiger partial charge on any atom is 0.0774 e. The van der Waals surface area contributed by atoms with Crippen molar-refractivity contribution in [2.75, 3.05) is 0 Å². The van der Waals surface area contributed by atoms with E-state index in [1.165, 1.54) is 0 Å². The first-order valence-electron chi connectivity index (χ1n) is 3.11. The van der Waals surface area contributed by atoms with Crippen molar-refractivity contribution in [1.29, 1.82) is 5.26 Å². The normalized spacial score (nSPS) is 8.80. The van der Waals surface area contributed by atoms with Gasteiger partial charge in [-0.1, -0.05) is 6.07 Å². The summed E-state index contributed by atoms with van der Waals surface area (Å²) < 4.78 is 0. The van der Waals surface area contributed by atoms with Gasteiger partial charge in [-0.15, -0.1) is 0 Å². The number of hydrogen-bond donors (Lipinski definition) is 0. The van der Waals surface area contributed by atoms with Gasteiger partial charge in [0.05, 0.1) is 18.2 Å². The molecule has 0 fully saturated rings. The third-order valence-corrected chi connectivity index (χ3v) is 1.23. The van der Waals surface area contributed by atoms with E-state index in [2.05, 4.69) is 4.98 Å². The monoisotopic (exact) mass is 132 g/mol. The van der Waals surface area contributed by atoms with Crippen LogP contribution in [0.2, 0.25) is 0 Å². The fourth-order valence-electron chi connectivity index (χ4n) is 0.684. The minimum absolute atomic E-state index is 0.403. The minimum Gasteiger partial charge on any atom is -0.260 e. The van der Waals surface area contributed by atoms with Crippen molar-refractivity contribution >= 4 is 0 Å². The fraction of sp³-hybridized carbons (Fsp3) is 0.250. The zero-order valence-electron chi connectivity index (χ0n) is 5.83. The van der Waals surface area contributed by atoms with Crippen LogP contribution >= 0.6 is 0 Å². The van der Waals surface area contributed by atoms with Gasteiger partial charge in [0.1, 0.15) is 0 Å². The number of nitrogens with zero attached hydrogens (tertiary/aromatic N) is 2. The predicted octanol–water partition coefficient (Wildman–Crippen LogP) is 1.46. The second-order valence-electron chi connectivity index (χ2n) is 2.16. The first-order chi connectivity index (χ1) is 4.83. The summed E-state index contributed by atoms with van der Waals surface area (Å²) in [5, 5.41) is 8.30. The number of pyridine rings is 1. The largest absolute Gasteiger partial charge is 0.260 e. The highest BCUT2D eigenvalue weighted by atomic mass is 14.7. The van der Waals surface area contributed by atoms with Gasteiger partial charge >= 0.3 is 0 Å². The van der Waals surface area contributed by atoms with Crippen molar-refractivity contribution in [3.63, 3.8) is 0 Å². The van der Waals surface area contributed by atoms with E-state index < -0.39 is 0 Å². The summed E-state index contributed by atoms with van der Waals surface area (Å²) in [4.78, 5) is 4.05. The van der Waals surface area contributed by atoms with E-state index >= 15 is 0 Å². The summed E-state index contributed by atoms with van der Waals surface area (Å²) in [6.45, 7) is 1.98. The van der Waals surface area contributed by atoms with Crippen LogP contribution in [0.4, 0.5) is 0 Å². The Kier molecular flexibility index (Phi) is 2.01. The molecule has 0 aliphatic rings. The lowest BCUT2D eigenvalue weighted by molar-refractivity contribution is 1.10. The number of rotatable bonds is 1. The summed E-state index contributed by atoms with van der Waals surface area (Å²) in [7, 11) is 0. The van der Waals surface area contributed by atoms with Gasteiger partial charge in [0.2, 0.25) is 0 Å². The highest BCUT2D eigenvalue weighted by Gasteiger charge is 1.89. The zero-order valence-corrected chi connectivity index (χ0v) is 5.83. The highest BCUT2D eigenvalue weighted by molar-refractivity contribution is 5.14. The summed E-state index contributed by atoms with van der Waals surface area (Å²) in [5.41, 5.74) is 1.97. The molecule has 2 heteroatoms. The van der Waals surface area contributed by atoms with Crippen LogP contribution in [0.1, 0.15) is 11.3 Å². The Morgan fingerprint density at radius 1 is 1.60 bits per heavy atom. The van der Waals surface area contributed by atoms with Crippen LogP contribution in [0.25, 0.3) is 0 Å². The Morgan fingerprint density at radius 2 is 2.40 bits per heavy atom. The third kappa shape index (κ3) is 1.56. The van der Waals surface area contributed by atoms with Gasteiger partial charge in [-0.2, -0.15) is 5.26 Å². The van der Waals surface area contributed by atoms with Crippen LogP contribution in [0, 0.1) is 18.3 Å². The molecule has 0 aliphatic heterocycles. The van der Waals surface area contributed by atoms with Crippen molar-refractivity contribution in [3.8, 4) is 6.07 Å². The Morgan fingerprint density at radius 3 is 2.90 bits per heavy atom. The zero-order chi connectivity index (χ0) is 7.40. The average molecular weight is 132 g/mol. The third-order valence-electron chi connectivity index (χ3n) is 1.23. The van der Waals surface area contributed by atoms with Gasteiger partial charge in [0.15, 0.2) is 0 Å². The van der Waals surface area contributed by atoms with Crippen LogP contribution < -0.4 is 0 Å². The summed E-state index contributed by atoms with van der Waals surface area (Å²) in [5.74, 6) is 0. The second kappa shape index (κ2) is 2.98. The topological polar surface area (TPSA) is 36.7 Å². The molecule has 0 spiro atoms. The summed E-state index contributed by atoms with van der Waals surface area (Å²) >= 11 is 0. The molecule has 0 radical (unpaired) electrons. The quantitative estimate of drug-likeness (QED) is 0.580. The molecule has 10 heavy (non-hydrogen) atoms. The van der Waals surface area contributed by atoms with E-state index in [9.17, 15) is 0 Å². The maximum atomic E-state index is 8.30. The molecule has 1 aromatic rings. The molecule has 2 nitrogen and oxygen atoms in total. The number of hydrogen-bond acceptors (Lipinski definition) is 2. The lowest BCUT2D eigenvalue weighted by atomic mass is 10.2. The Bertz CT molecular complexity index is 243. The molecule has 1 rings (SSSR count). The van der Waals surface area contributed by atoms with E-state index in [1.54, 1.807) is 6.20 Å². The first kappa shape index (κ1) is 6.76. The van der Waals surface area contributed by atoms with E-state index in [1.807, 2.05) is 25.1 Å². The van der Waals surface area contributed by atoms with Gasteiger partial charge < -0.3 is 0 Å². The Balaban J connectivity index is 2.81. The van der Waals surface area contributed by atoms with Gasteiger partial charge in [0, 0.05) is 6.20 Å². The molecule has 50 valence electrons. The van der Waals surface area contributed by atoms with Crippen molar-refractivity contribution in [3.05, 3.63) is 29.6 Å². The Hall–Kier alpha value is -1.36. The van der Waals surface area contributed by atoms with Crippen molar-refractivity contribution in [2.45, 2.75) is 13.3 Å². The molecule has 1 heterocycles. The first-order valence-corrected chi connectivity index (χ1v) is 3.11. The molecular formula is C8H8N2. The smallest absolute Gasteiger partial charge is 0.0774 e. The lowest BCUT2D eigenvalue weighted by Crippen LogP contribution is -1.86. The van der Waals surface area contributed by atoms with E-state index in [0.717, 1.165) is 11.3 Å². The van der Waals surface area contributed by atoms with E-state index in [4.69, 9.17) is 5.26 Å². The van der Waals surface area contributed by atoms with E-state index in [0.29, 0.717) is 6.42 Å². The van der Waals surface area contributed by atoms with Gasteiger partial charge in [-0.25, -0.2) is 0 Å². The average Bonchev–Trinajstić information content (AvgIpc) is 1.95. The standard InChI is InChI=1S/C8H8N2/c1-7-2-3-8(4-5-9)10-6-7/h2-3,6H,4H2,1H3. The predicted molar refractivity (Wildman–Crippen MR) is 38.3 cm³/mol. The molecule has 0 unspecified atom stereocenters. The molecule has 0 saturated carbocycles. The van der Waals surface area contributed by atoms with Crippen LogP contribution in [-0.2, 0) is 6.42 Å². The molecule has 0 aromatic carbocycles. The van der Waals surface area contributed by atoms with E-state index in [-0.39, 0.29) is 0 Å². The van der Waals surface area contributed by atoms with Crippen molar-refractivity contribution < 1.29 is 0 Å². The minimum atomic E-state index is 0.403. The SMILES string of the molecule is Cc1ccc(CC#N)nc1. The molecule has 0 saturated heterocycles. The van der Waals surface area contributed by atoms with Crippen molar-refractivity contribution in [1.82, 2.24) is 4.98 Å². The molecule has 0 N–H and O–H groups in total. The van der Waals surface area contributed by atoms with Gasteiger partial charge in [-0.3, -0.25) is 4.98 Å². The summed E-state index contributed by atoms with van der Waals surface area (Å²) in [6.07, 6.45) is 2.17. The number of aryl methyl sites for hydroxylation is 1. The van der Waals surface area contributed by atoms with Crippen molar-refractivity contribution in [2.24, 2.45) is 0 Å². The highest BCUT2D eigenvalue weighted by Crippen LogP contribution is 1.97. The molecule has 0 aliphatic carbocycles. The number of aromatic nitrogens is 1. The van der Waals surface area contributed by atoms with Crippen LogP contribution in [0.15, 0.2) is 18.3 Å². The second-order valence-corrected chi connectivity index (χ2v) is 2.16.